The minimum Gasteiger partial charge on any atom is -0.480 e. The second-order valence-corrected chi connectivity index (χ2v) is 8.26. The third-order valence-electron chi connectivity index (χ3n) is 5.58. The van der Waals surface area contributed by atoms with Crippen molar-refractivity contribution in [3.8, 4) is 11.1 Å². The summed E-state index contributed by atoms with van der Waals surface area (Å²) in [5, 5.41) is 14.3. The van der Waals surface area contributed by atoms with Crippen molar-refractivity contribution in [1.82, 2.24) is 10.6 Å². The van der Waals surface area contributed by atoms with Gasteiger partial charge in [0.25, 0.3) is 0 Å². The van der Waals surface area contributed by atoms with Crippen molar-refractivity contribution in [2.45, 2.75) is 51.1 Å². The van der Waals surface area contributed by atoms with Crippen molar-refractivity contribution in [3.05, 3.63) is 59.7 Å². The molecule has 2 amide bonds. The van der Waals surface area contributed by atoms with E-state index >= 15 is 0 Å². The highest BCUT2D eigenvalue weighted by molar-refractivity contribution is 5.86. The van der Waals surface area contributed by atoms with Crippen LogP contribution in [-0.2, 0) is 14.3 Å². The molecule has 2 aromatic carbocycles. The average molecular weight is 424 g/mol. The van der Waals surface area contributed by atoms with Gasteiger partial charge in [0.2, 0.25) is 5.91 Å². The van der Waals surface area contributed by atoms with Crippen LogP contribution in [0.3, 0.4) is 0 Å². The first-order valence-corrected chi connectivity index (χ1v) is 10.4. The zero-order valence-corrected chi connectivity index (χ0v) is 18.0. The van der Waals surface area contributed by atoms with Crippen molar-refractivity contribution in [1.29, 1.82) is 0 Å². The number of hydrogen-bond acceptors (Lipinski definition) is 4. The molecule has 7 heteroatoms. The van der Waals surface area contributed by atoms with E-state index < -0.39 is 29.6 Å². The van der Waals surface area contributed by atoms with E-state index in [0.29, 0.717) is 6.42 Å². The van der Waals surface area contributed by atoms with E-state index in [-0.39, 0.29) is 18.9 Å². The number of rotatable bonds is 8. The Bertz CT molecular complexity index is 940. The molecule has 0 aliphatic heterocycles. The van der Waals surface area contributed by atoms with Gasteiger partial charge in [-0.15, -0.1) is 0 Å². The molecule has 0 aromatic heterocycles. The molecule has 0 saturated carbocycles. The molecule has 0 spiro atoms. The number of nitrogens with one attached hydrogen (secondary N) is 2. The van der Waals surface area contributed by atoms with Crippen LogP contribution < -0.4 is 10.6 Å². The molecule has 0 saturated heterocycles. The Morgan fingerprint density at radius 2 is 1.58 bits per heavy atom. The summed E-state index contributed by atoms with van der Waals surface area (Å²) < 4.78 is 5.52. The summed E-state index contributed by atoms with van der Waals surface area (Å²) in [6.45, 7) is 4.85. The van der Waals surface area contributed by atoms with Gasteiger partial charge in [-0.25, -0.2) is 9.59 Å². The number of amides is 2. The zero-order chi connectivity index (χ0) is 22.6. The molecule has 1 atom stereocenters. The van der Waals surface area contributed by atoms with Gasteiger partial charge in [0.1, 0.15) is 12.1 Å². The Labute approximate surface area is 181 Å². The molecular formula is C24H28N2O5. The van der Waals surface area contributed by atoms with Crippen molar-refractivity contribution in [2.24, 2.45) is 0 Å². The summed E-state index contributed by atoms with van der Waals surface area (Å²) in [5.74, 6) is -1.62. The van der Waals surface area contributed by atoms with Gasteiger partial charge in [-0.2, -0.15) is 0 Å². The monoisotopic (exact) mass is 424 g/mol. The van der Waals surface area contributed by atoms with Gasteiger partial charge < -0.3 is 20.5 Å². The first kappa shape index (κ1) is 22.3. The quantitative estimate of drug-likeness (QED) is 0.600. The smallest absolute Gasteiger partial charge is 0.407 e. The van der Waals surface area contributed by atoms with E-state index in [1.807, 2.05) is 43.3 Å². The van der Waals surface area contributed by atoms with Gasteiger partial charge >= 0.3 is 12.1 Å². The standard InChI is InChI=1S/C24H28N2O5/c1-4-15(13-21(27)26-24(2,3)22(28)29)25-23(30)31-14-20-18-11-7-5-9-16(18)17-10-6-8-12-19(17)20/h5-12,15,20H,4,13-14H2,1-3H3,(H,25,30)(H,26,27)(H,28,29)/t15-/m1/s1. The highest BCUT2D eigenvalue weighted by Crippen LogP contribution is 2.44. The summed E-state index contributed by atoms with van der Waals surface area (Å²) in [4.78, 5) is 35.8. The molecule has 164 valence electrons. The molecule has 1 aliphatic carbocycles. The molecular weight excluding hydrogens is 396 g/mol. The van der Waals surface area contributed by atoms with E-state index in [2.05, 4.69) is 22.8 Å². The average Bonchev–Trinajstić information content (AvgIpc) is 3.05. The zero-order valence-electron chi connectivity index (χ0n) is 18.0. The van der Waals surface area contributed by atoms with Gasteiger partial charge in [-0.1, -0.05) is 55.5 Å². The van der Waals surface area contributed by atoms with Crippen LogP contribution >= 0.6 is 0 Å². The summed E-state index contributed by atoms with van der Waals surface area (Å²) >= 11 is 0. The number of carboxylic acid groups (broad SMARTS) is 1. The minimum atomic E-state index is -1.38. The maximum absolute atomic E-state index is 12.4. The number of aliphatic carboxylic acids is 1. The molecule has 0 radical (unpaired) electrons. The fourth-order valence-electron chi connectivity index (χ4n) is 3.78. The third-order valence-corrected chi connectivity index (χ3v) is 5.58. The number of hydrogen-bond donors (Lipinski definition) is 3. The van der Waals surface area contributed by atoms with Gasteiger partial charge in [0.15, 0.2) is 0 Å². The first-order chi connectivity index (χ1) is 14.7. The fraction of sp³-hybridized carbons (Fsp3) is 0.375. The largest absolute Gasteiger partial charge is 0.480 e. The molecule has 3 N–H and O–H groups in total. The summed E-state index contributed by atoms with van der Waals surface area (Å²) in [7, 11) is 0. The summed E-state index contributed by atoms with van der Waals surface area (Å²) in [5.41, 5.74) is 3.17. The maximum Gasteiger partial charge on any atom is 0.407 e. The van der Waals surface area contributed by atoms with E-state index in [1.54, 1.807) is 0 Å². The number of carbonyl (C=O) groups is 3. The summed E-state index contributed by atoms with van der Waals surface area (Å²) in [6.07, 6.45) is -0.123. The molecule has 0 fully saturated rings. The van der Waals surface area contributed by atoms with Crippen molar-refractivity contribution >= 4 is 18.0 Å². The molecule has 3 rings (SSSR count). The lowest BCUT2D eigenvalue weighted by Crippen LogP contribution is -2.51. The number of carbonyl (C=O) groups excluding carboxylic acids is 2. The first-order valence-electron chi connectivity index (χ1n) is 10.4. The number of alkyl carbamates (subject to hydrolysis) is 1. The second-order valence-electron chi connectivity index (χ2n) is 8.26. The lowest BCUT2D eigenvalue weighted by atomic mass is 9.98. The Hall–Kier alpha value is -3.35. The third kappa shape index (κ3) is 5.05. The SMILES string of the molecule is CC[C@H](CC(=O)NC(C)(C)C(=O)O)NC(=O)OCC1c2ccccc2-c2ccccc21. The van der Waals surface area contributed by atoms with Crippen molar-refractivity contribution in [2.75, 3.05) is 6.61 Å². The van der Waals surface area contributed by atoms with Gasteiger partial charge in [-0.3, -0.25) is 4.79 Å². The normalized spacial score (nSPS) is 13.6. The predicted molar refractivity (Wildman–Crippen MR) is 117 cm³/mol. The number of benzene rings is 2. The van der Waals surface area contributed by atoms with Gasteiger partial charge in [-0.05, 0) is 42.5 Å². The van der Waals surface area contributed by atoms with Crippen LogP contribution in [-0.4, -0.2) is 41.3 Å². The molecule has 31 heavy (non-hydrogen) atoms. The minimum absolute atomic E-state index is 0.0304. The van der Waals surface area contributed by atoms with E-state index in [4.69, 9.17) is 9.84 Å². The van der Waals surface area contributed by atoms with Crippen LogP contribution in [0, 0.1) is 0 Å². The second kappa shape index (κ2) is 9.20. The van der Waals surface area contributed by atoms with Gasteiger partial charge in [0, 0.05) is 18.4 Å². The van der Waals surface area contributed by atoms with Crippen molar-refractivity contribution in [3.63, 3.8) is 0 Å². The van der Waals surface area contributed by atoms with Crippen molar-refractivity contribution < 1.29 is 24.2 Å². The van der Waals surface area contributed by atoms with E-state index in [9.17, 15) is 14.4 Å². The Balaban J connectivity index is 1.58. The predicted octanol–water partition coefficient (Wildman–Crippen LogP) is 3.67. The molecule has 2 aromatic rings. The Morgan fingerprint density at radius 3 is 2.10 bits per heavy atom. The van der Waals surface area contributed by atoms with Gasteiger partial charge in [0.05, 0.1) is 0 Å². The van der Waals surface area contributed by atoms with Crippen LogP contribution in [0.25, 0.3) is 11.1 Å². The van der Waals surface area contributed by atoms with Crippen LogP contribution in [0.2, 0.25) is 0 Å². The number of carboxylic acids is 1. The van der Waals surface area contributed by atoms with Crippen LogP contribution in [0.15, 0.2) is 48.5 Å². The number of fused-ring (bicyclic) bond motifs is 3. The lowest BCUT2D eigenvalue weighted by Gasteiger charge is -2.23. The molecule has 0 heterocycles. The van der Waals surface area contributed by atoms with E-state index in [1.165, 1.54) is 13.8 Å². The fourth-order valence-corrected chi connectivity index (χ4v) is 3.78. The molecule has 0 unspecified atom stereocenters. The Kier molecular flexibility index (Phi) is 6.63. The maximum atomic E-state index is 12.4. The Morgan fingerprint density at radius 1 is 1.03 bits per heavy atom. The van der Waals surface area contributed by atoms with Crippen LogP contribution in [0.5, 0.6) is 0 Å². The van der Waals surface area contributed by atoms with Crippen LogP contribution in [0.4, 0.5) is 4.79 Å². The van der Waals surface area contributed by atoms with Crippen LogP contribution in [0.1, 0.15) is 50.7 Å². The molecule has 7 nitrogen and oxygen atoms in total. The highest BCUT2D eigenvalue weighted by Gasteiger charge is 2.31. The molecule has 0 bridgehead atoms. The molecule has 1 aliphatic rings. The summed E-state index contributed by atoms with van der Waals surface area (Å²) in [6, 6.07) is 15.7. The number of ether oxygens (including phenoxy) is 1. The topological polar surface area (TPSA) is 105 Å². The van der Waals surface area contributed by atoms with E-state index in [0.717, 1.165) is 22.3 Å². The lowest BCUT2D eigenvalue weighted by molar-refractivity contribution is -0.146. The highest BCUT2D eigenvalue weighted by atomic mass is 16.5.